The van der Waals surface area contributed by atoms with Crippen molar-refractivity contribution in [1.82, 2.24) is 9.55 Å². The summed E-state index contributed by atoms with van der Waals surface area (Å²) in [6, 6.07) is 0. The van der Waals surface area contributed by atoms with Gasteiger partial charge in [-0.25, -0.2) is 4.45 Å². The number of aromatic nitrogens is 2. The molecule has 0 aliphatic heterocycles. The van der Waals surface area contributed by atoms with E-state index in [2.05, 4.69) is 32.5 Å². The molecule has 0 amide bonds. The largest absolute Gasteiger partial charge is 0.383 e. The highest BCUT2D eigenvalue weighted by Crippen LogP contribution is 2.22. The molecular formula is C6H8ClIN3OP. The lowest BCUT2D eigenvalue weighted by molar-refractivity contribution is 0.916. The van der Waals surface area contributed by atoms with E-state index in [1.54, 1.807) is 6.20 Å². The van der Waals surface area contributed by atoms with Gasteiger partial charge in [0, 0.05) is 6.54 Å². The summed E-state index contributed by atoms with van der Waals surface area (Å²) >= 11 is 7.90. The molecule has 1 rings (SSSR count). The van der Waals surface area contributed by atoms with Gasteiger partial charge in [-0.05, 0) is 29.0 Å². The standard InChI is InChI=1S/C6H8ClIN3OP/c1-2-9-4-3-10-11(13-8)6(12)5(4)7/h3,9,13H,2H2,1H3. The third-order valence-corrected chi connectivity index (χ3v) is 3.58. The fourth-order valence-corrected chi connectivity index (χ4v) is 2.39. The van der Waals surface area contributed by atoms with Crippen LogP contribution in [0.4, 0.5) is 5.69 Å². The van der Waals surface area contributed by atoms with Crippen LogP contribution < -0.4 is 10.9 Å². The SMILES string of the molecule is CCNc1cnn(PI)c(=O)c1Cl. The van der Waals surface area contributed by atoms with Gasteiger partial charge in [-0.1, -0.05) is 11.6 Å². The predicted octanol–water partition coefficient (Wildman–Crippen LogP) is 2.12. The monoisotopic (exact) mass is 331 g/mol. The van der Waals surface area contributed by atoms with Crippen molar-refractivity contribution in [3.63, 3.8) is 0 Å². The van der Waals surface area contributed by atoms with E-state index in [0.717, 1.165) is 6.54 Å². The molecule has 0 aliphatic carbocycles. The zero-order chi connectivity index (χ0) is 9.84. The van der Waals surface area contributed by atoms with Crippen molar-refractivity contribution in [3.8, 4) is 0 Å². The van der Waals surface area contributed by atoms with Crippen LogP contribution in [0.5, 0.6) is 0 Å². The molecule has 1 heterocycles. The summed E-state index contributed by atoms with van der Waals surface area (Å²) in [5.41, 5.74) is 0.355. The Morgan fingerprint density at radius 3 is 3.08 bits per heavy atom. The Morgan fingerprint density at radius 1 is 1.85 bits per heavy atom. The van der Waals surface area contributed by atoms with Gasteiger partial charge < -0.3 is 5.32 Å². The maximum absolute atomic E-state index is 11.4. The Morgan fingerprint density at radius 2 is 2.54 bits per heavy atom. The first kappa shape index (κ1) is 11.2. The number of hydrogen-bond acceptors (Lipinski definition) is 3. The van der Waals surface area contributed by atoms with Gasteiger partial charge in [0.15, 0.2) is 0 Å². The lowest BCUT2D eigenvalue weighted by atomic mass is 10.4. The number of rotatable bonds is 3. The summed E-state index contributed by atoms with van der Waals surface area (Å²) < 4.78 is 1.34. The van der Waals surface area contributed by atoms with E-state index >= 15 is 0 Å². The summed E-state index contributed by atoms with van der Waals surface area (Å²) in [6.07, 6.45) is 1.84. The van der Waals surface area contributed by atoms with Crippen molar-refractivity contribution >= 4 is 45.7 Å². The van der Waals surface area contributed by atoms with Crippen LogP contribution in [-0.2, 0) is 0 Å². The van der Waals surface area contributed by atoms with Gasteiger partial charge in [-0.3, -0.25) is 4.79 Å². The van der Waals surface area contributed by atoms with E-state index < -0.39 is 0 Å². The minimum atomic E-state index is -0.243. The molecule has 1 aromatic heterocycles. The molecular weight excluding hydrogens is 323 g/mol. The maximum atomic E-state index is 11.4. The van der Waals surface area contributed by atoms with E-state index in [1.165, 1.54) is 4.45 Å². The second kappa shape index (κ2) is 5.12. The second-order valence-electron chi connectivity index (χ2n) is 2.20. The first-order valence-corrected chi connectivity index (χ1v) is 8.03. The smallest absolute Gasteiger partial charge is 0.291 e. The summed E-state index contributed by atoms with van der Waals surface area (Å²) in [6.45, 7) is 2.65. The molecule has 0 saturated heterocycles. The molecule has 0 saturated carbocycles. The lowest BCUT2D eigenvalue weighted by Gasteiger charge is -2.05. The third-order valence-electron chi connectivity index (χ3n) is 1.37. The van der Waals surface area contributed by atoms with Gasteiger partial charge in [0.05, 0.1) is 18.3 Å². The quantitative estimate of drug-likeness (QED) is 0.682. The molecule has 7 heteroatoms. The molecule has 0 aliphatic rings. The molecule has 0 spiro atoms. The average molecular weight is 331 g/mol. The molecule has 72 valence electrons. The van der Waals surface area contributed by atoms with Crippen LogP contribution in [-0.4, -0.2) is 16.1 Å². The van der Waals surface area contributed by atoms with Gasteiger partial charge in [0.25, 0.3) is 5.56 Å². The van der Waals surface area contributed by atoms with Crippen molar-refractivity contribution in [1.29, 1.82) is 0 Å². The van der Waals surface area contributed by atoms with Crippen molar-refractivity contribution in [2.75, 3.05) is 11.9 Å². The number of halogens is 2. The highest BCUT2D eigenvalue weighted by molar-refractivity contribution is 14.2. The van der Waals surface area contributed by atoms with Gasteiger partial charge in [-0.15, -0.1) is 0 Å². The summed E-state index contributed by atoms with van der Waals surface area (Å²) in [5, 5.41) is 7.11. The molecule has 1 atom stereocenters. The minimum Gasteiger partial charge on any atom is -0.383 e. The summed E-state index contributed by atoms with van der Waals surface area (Å²) in [5.74, 6) is 0. The Hall–Kier alpha value is 0.130. The average Bonchev–Trinajstić information content (AvgIpc) is 2.14. The molecule has 0 fully saturated rings. The second-order valence-corrected chi connectivity index (χ2v) is 4.62. The van der Waals surface area contributed by atoms with Crippen molar-refractivity contribution in [2.24, 2.45) is 0 Å². The third kappa shape index (κ3) is 2.54. The van der Waals surface area contributed by atoms with Gasteiger partial charge >= 0.3 is 0 Å². The number of nitrogens with zero attached hydrogens (tertiary/aromatic N) is 2. The van der Waals surface area contributed by atoms with Crippen molar-refractivity contribution < 1.29 is 0 Å². The number of anilines is 1. The van der Waals surface area contributed by atoms with Crippen molar-refractivity contribution in [2.45, 2.75) is 6.92 Å². The molecule has 0 aromatic carbocycles. The molecule has 0 bridgehead atoms. The highest BCUT2D eigenvalue weighted by atomic mass is 127. The van der Waals surface area contributed by atoms with E-state index in [-0.39, 0.29) is 17.0 Å². The zero-order valence-electron chi connectivity index (χ0n) is 6.84. The van der Waals surface area contributed by atoms with E-state index in [1.807, 2.05) is 6.92 Å². The molecule has 1 N–H and O–H groups in total. The first-order valence-electron chi connectivity index (χ1n) is 3.59. The Bertz CT molecular complexity index is 356. The normalized spacial score (nSPS) is 11.0. The number of hydrogen-bond donors (Lipinski definition) is 1. The fraction of sp³-hybridized carbons (Fsp3) is 0.333. The summed E-state index contributed by atoms with van der Waals surface area (Å²) in [7, 11) is 0. The van der Waals surface area contributed by atoms with Crippen LogP contribution in [0.25, 0.3) is 0 Å². The van der Waals surface area contributed by atoms with Gasteiger partial charge in [0.2, 0.25) is 0 Å². The molecule has 0 radical (unpaired) electrons. The Kier molecular flexibility index (Phi) is 4.41. The molecule has 4 nitrogen and oxygen atoms in total. The zero-order valence-corrected chi connectivity index (χ0v) is 10.8. The number of nitrogens with one attached hydrogen (secondary N) is 1. The molecule has 13 heavy (non-hydrogen) atoms. The topological polar surface area (TPSA) is 46.9 Å². The minimum absolute atomic E-state index is 0.209. The van der Waals surface area contributed by atoms with Crippen LogP contribution >= 0.6 is 40.0 Å². The maximum Gasteiger partial charge on any atom is 0.291 e. The van der Waals surface area contributed by atoms with E-state index in [9.17, 15) is 4.79 Å². The fourth-order valence-electron chi connectivity index (χ4n) is 0.807. The predicted molar refractivity (Wildman–Crippen MR) is 65.4 cm³/mol. The highest BCUT2D eigenvalue weighted by Gasteiger charge is 2.06. The van der Waals surface area contributed by atoms with Crippen LogP contribution in [0.1, 0.15) is 6.92 Å². The first-order chi connectivity index (χ1) is 6.20. The Balaban J connectivity index is 3.15. The van der Waals surface area contributed by atoms with Crippen LogP contribution in [0.3, 0.4) is 0 Å². The molecule has 1 aromatic rings. The summed E-state index contributed by atoms with van der Waals surface area (Å²) in [4.78, 5) is 11.4. The van der Waals surface area contributed by atoms with Crippen molar-refractivity contribution in [3.05, 3.63) is 21.6 Å². The lowest BCUT2D eigenvalue weighted by Crippen LogP contribution is -2.18. The van der Waals surface area contributed by atoms with Crippen LogP contribution in [0.2, 0.25) is 5.02 Å². The van der Waals surface area contributed by atoms with E-state index in [0.29, 0.717) is 5.69 Å². The molecule has 1 unspecified atom stereocenters. The Labute approximate surface area is 95.4 Å². The van der Waals surface area contributed by atoms with Gasteiger partial charge in [-0.2, -0.15) is 5.10 Å². The van der Waals surface area contributed by atoms with Crippen LogP contribution in [0.15, 0.2) is 11.0 Å². The van der Waals surface area contributed by atoms with E-state index in [4.69, 9.17) is 11.6 Å². The van der Waals surface area contributed by atoms with Crippen LogP contribution in [0, 0.1) is 0 Å². The van der Waals surface area contributed by atoms with Gasteiger partial charge in [0.1, 0.15) is 5.02 Å².